The molecule has 0 unspecified atom stereocenters. The zero-order valence-electron chi connectivity index (χ0n) is 10.7. The van der Waals surface area contributed by atoms with Crippen LogP contribution in [-0.4, -0.2) is 5.11 Å². The lowest BCUT2D eigenvalue weighted by Crippen LogP contribution is -1.99. The molecule has 0 spiro atoms. The number of aryl methyl sites for hydroxylation is 1. The van der Waals surface area contributed by atoms with Gasteiger partial charge in [-0.25, -0.2) is 4.39 Å². The fourth-order valence-corrected chi connectivity index (χ4v) is 1.92. The minimum atomic E-state index is -0.815. The van der Waals surface area contributed by atoms with Gasteiger partial charge in [0.25, 0.3) is 0 Å². The first kappa shape index (κ1) is 13.8. The van der Waals surface area contributed by atoms with Gasteiger partial charge in [0.2, 0.25) is 0 Å². The Morgan fingerprint density at radius 1 is 1.26 bits per heavy atom. The summed E-state index contributed by atoms with van der Waals surface area (Å²) in [5, 5.41) is 10.2. The Morgan fingerprint density at radius 3 is 2.63 bits per heavy atom. The average Bonchev–Trinajstić information content (AvgIpc) is 2.33. The van der Waals surface area contributed by atoms with E-state index in [4.69, 9.17) is 16.3 Å². The van der Waals surface area contributed by atoms with E-state index in [9.17, 15) is 9.50 Å². The van der Waals surface area contributed by atoms with E-state index >= 15 is 0 Å². The van der Waals surface area contributed by atoms with Crippen molar-refractivity contribution >= 4 is 11.6 Å². The van der Waals surface area contributed by atoms with E-state index in [0.29, 0.717) is 27.6 Å². The predicted octanol–water partition coefficient (Wildman–Crippen LogP) is 4.63. The number of hydrogen-bond donors (Lipinski definition) is 1. The lowest BCUT2D eigenvalue weighted by Gasteiger charge is -2.14. The lowest BCUT2D eigenvalue weighted by molar-refractivity contribution is 0.195. The van der Waals surface area contributed by atoms with Crippen molar-refractivity contribution in [3.63, 3.8) is 0 Å². The molecule has 1 atom stereocenters. The summed E-state index contributed by atoms with van der Waals surface area (Å²) < 4.78 is 19.2. The molecule has 0 fully saturated rings. The van der Waals surface area contributed by atoms with E-state index in [0.717, 1.165) is 0 Å². The number of aliphatic hydroxyl groups is 1. The molecular weight excluding hydrogens is 267 g/mol. The Morgan fingerprint density at radius 2 is 2.00 bits per heavy atom. The quantitative estimate of drug-likeness (QED) is 0.888. The molecule has 0 aliphatic heterocycles. The molecule has 0 aromatic heterocycles. The molecule has 2 aromatic carbocycles. The summed E-state index contributed by atoms with van der Waals surface area (Å²) in [5.41, 5.74) is 0.865. The number of benzene rings is 2. The number of aliphatic hydroxyl groups excluding tert-OH is 1. The highest BCUT2D eigenvalue weighted by Gasteiger charge is 2.13. The first-order valence-corrected chi connectivity index (χ1v) is 6.26. The Balaban J connectivity index is 2.41. The van der Waals surface area contributed by atoms with Gasteiger partial charge in [-0.1, -0.05) is 17.7 Å². The third kappa shape index (κ3) is 3.25. The molecule has 0 heterocycles. The number of halogens is 2. The molecule has 2 aromatic rings. The molecule has 0 aliphatic carbocycles. The molecular formula is C15H14ClFO2. The SMILES string of the molecule is Cc1cc(Oc2cccc(Cl)c2)c([C@@H](C)O)cc1F. The molecule has 2 rings (SSSR count). The van der Waals surface area contributed by atoms with Crippen LogP contribution in [0.2, 0.25) is 5.02 Å². The molecule has 100 valence electrons. The van der Waals surface area contributed by atoms with Gasteiger partial charge in [-0.15, -0.1) is 0 Å². The molecule has 0 radical (unpaired) electrons. The molecule has 1 N–H and O–H groups in total. The van der Waals surface area contributed by atoms with E-state index in [1.54, 1.807) is 44.2 Å². The van der Waals surface area contributed by atoms with Crippen molar-refractivity contribution < 1.29 is 14.2 Å². The van der Waals surface area contributed by atoms with Gasteiger partial charge < -0.3 is 9.84 Å². The highest BCUT2D eigenvalue weighted by atomic mass is 35.5. The van der Waals surface area contributed by atoms with Crippen LogP contribution in [0.25, 0.3) is 0 Å². The Bertz CT molecular complexity index is 597. The van der Waals surface area contributed by atoms with Crippen LogP contribution in [0.15, 0.2) is 36.4 Å². The summed E-state index contributed by atoms with van der Waals surface area (Å²) in [7, 11) is 0. The summed E-state index contributed by atoms with van der Waals surface area (Å²) in [6, 6.07) is 9.76. The Hall–Kier alpha value is -1.58. The minimum Gasteiger partial charge on any atom is -0.457 e. The zero-order chi connectivity index (χ0) is 14.0. The van der Waals surface area contributed by atoms with Crippen molar-refractivity contribution in [2.45, 2.75) is 20.0 Å². The molecule has 0 amide bonds. The number of ether oxygens (including phenoxy) is 1. The summed E-state index contributed by atoms with van der Waals surface area (Å²) >= 11 is 5.88. The second kappa shape index (κ2) is 5.59. The highest BCUT2D eigenvalue weighted by molar-refractivity contribution is 6.30. The monoisotopic (exact) mass is 280 g/mol. The molecule has 0 saturated heterocycles. The highest BCUT2D eigenvalue weighted by Crippen LogP contribution is 2.32. The predicted molar refractivity (Wildman–Crippen MR) is 73.3 cm³/mol. The second-order valence-corrected chi connectivity index (χ2v) is 4.81. The van der Waals surface area contributed by atoms with E-state index in [1.165, 1.54) is 6.07 Å². The first-order valence-electron chi connectivity index (χ1n) is 5.89. The van der Waals surface area contributed by atoms with Crippen LogP contribution in [0.5, 0.6) is 11.5 Å². The summed E-state index contributed by atoms with van der Waals surface area (Å²) in [6.07, 6.45) is -0.815. The van der Waals surface area contributed by atoms with E-state index in [-0.39, 0.29) is 5.82 Å². The largest absolute Gasteiger partial charge is 0.457 e. The van der Waals surface area contributed by atoms with E-state index in [1.807, 2.05) is 0 Å². The summed E-state index contributed by atoms with van der Waals surface area (Å²) in [6.45, 7) is 3.21. The van der Waals surface area contributed by atoms with Gasteiger partial charge in [0.1, 0.15) is 17.3 Å². The number of rotatable bonds is 3. The third-order valence-electron chi connectivity index (χ3n) is 2.77. The molecule has 19 heavy (non-hydrogen) atoms. The summed E-state index contributed by atoms with van der Waals surface area (Å²) in [4.78, 5) is 0. The molecule has 0 saturated carbocycles. The zero-order valence-corrected chi connectivity index (χ0v) is 11.4. The van der Waals surface area contributed by atoms with Crippen LogP contribution < -0.4 is 4.74 Å². The van der Waals surface area contributed by atoms with Gasteiger partial charge in [0, 0.05) is 10.6 Å². The van der Waals surface area contributed by atoms with Crippen LogP contribution in [0.4, 0.5) is 4.39 Å². The van der Waals surface area contributed by atoms with Crippen LogP contribution in [-0.2, 0) is 0 Å². The van der Waals surface area contributed by atoms with Gasteiger partial charge >= 0.3 is 0 Å². The fourth-order valence-electron chi connectivity index (χ4n) is 1.74. The average molecular weight is 281 g/mol. The van der Waals surface area contributed by atoms with Gasteiger partial charge in [-0.3, -0.25) is 0 Å². The topological polar surface area (TPSA) is 29.5 Å². The van der Waals surface area contributed by atoms with Crippen molar-refractivity contribution in [3.8, 4) is 11.5 Å². The van der Waals surface area contributed by atoms with Crippen molar-refractivity contribution in [1.29, 1.82) is 0 Å². The van der Waals surface area contributed by atoms with Gasteiger partial charge in [-0.05, 0) is 49.7 Å². The van der Waals surface area contributed by atoms with Gasteiger partial charge in [-0.2, -0.15) is 0 Å². The Kier molecular flexibility index (Phi) is 4.08. The molecule has 4 heteroatoms. The Labute approximate surface area is 116 Å². The lowest BCUT2D eigenvalue weighted by atomic mass is 10.1. The minimum absolute atomic E-state index is 0.366. The van der Waals surface area contributed by atoms with Crippen LogP contribution in [0.3, 0.4) is 0 Å². The molecule has 2 nitrogen and oxygen atoms in total. The van der Waals surface area contributed by atoms with Crippen molar-refractivity contribution in [2.24, 2.45) is 0 Å². The molecule has 0 bridgehead atoms. The number of hydrogen-bond acceptors (Lipinski definition) is 2. The van der Waals surface area contributed by atoms with Gasteiger partial charge in [0.05, 0.1) is 6.10 Å². The fraction of sp³-hybridized carbons (Fsp3) is 0.200. The van der Waals surface area contributed by atoms with Crippen molar-refractivity contribution in [3.05, 3.63) is 58.4 Å². The maximum Gasteiger partial charge on any atom is 0.133 e. The van der Waals surface area contributed by atoms with Gasteiger partial charge in [0.15, 0.2) is 0 Å². The van der Waals surface area contributed by atoms with E-state index in [2.05, 4.69) is 0 Å². The normalized spacial score (nSPS) is 12.3. The smallest absolute Gasteiger partial charge is 0.133 e. The maximum atomic E-state index is 13.5. The second-order valence-electron chi connectivity index (χ2n) is 4.37. The van der Waals surface area contributed by atoms with E-state index < -0.39 is 6.10 Å². The van der Waals surface area contributed by atoms with Crippen molar-refractivity contribution in [1.82, 2.24) is 0 Å². The van der Waals surface area contributed by atoms with Crippen LogP contribution in [0.1, 0.15) is 24.2 Å². The van der Waals surface area contributed by atoms with Crippen LogP contribution >= 0.6 is 11.6 Å². The first-order chi connectivity index (χ1) is 8.97. The third-order valence-corrected chi connectivity index (χ3v) is 3.00. The van der Waals surface area contributed by atoms with Crippen molar-refractivity contribution in [2.75, 3.05) is 0 Å². The maximum absolute atomic E-state index is 13.5. The van der Waals surface area contributed by atoms with Crippen LogP contribution in [0, 0.1) is 12.7 Å². The summed E-state index contributed by atoms with van der Waals surface area (Å²) in [5.74, 6) is 0.603. The standard InChI is InChI=1S/C15H14ClFO2/c1-9-6-15(13(10(2)18)8-14(9)17)19-12-5-3-4-11(16)7-12/h3-8,10,18H,1-2H3/t10-/m1/s1. The molecule has 0 aliphatic rings.